The summed E-state index contributed by atoms with van der Waals surface area (Å²) >= 11 is 0. The van der Waals surface area contributed by atoms with Gasteiger partial charge < -0.3 is 10.4 Å². The summed E-state index contributed by atoms with van der Waals surface area (Å²) in [6, 6.07) is 12.9. The second kappa shape index (κ2) is 8.24. The van der Waals surface area contributed by atoms with Crippen molar-refractivity contribution in [3.63, 3.8) is 0 Å². The van der Waals surface area contributed by atoms with Crippen LogP contribution < -0.4 is 5.32 Å². The van der Waals surface area contributed by atoms with Crippen LogP contribution >= 0.6 is 0 Å². The molecule has 0 aliphatic heterocycles. The third-order valence-corrected chi connectivity index (χ3v) is 3.82. The van der Waals surface area contributed by atoms with Crippen LogP contribution in [-0.4, -0.2) is 23.5 Å². The Morgan fingerprint density at radius 3 is 2.62 bits per heavy atom. The predicted octanol–water partition coefficient (Wildman–Crippen LogP) is 3.38. The smallest absolute Gasteiger partial charge is 0.335 e. The summed E-state index contributed by atoms with van der Waals surface area (Å²) in [4.78, 5) is 22.9. The maximum absolute atomic E-state index is 13.2. The molecule has 0 spiro atoms. The molecule has 0 bridgehead atoms. The van der Waals surface area contributed by atoms with Gasteiger partial charge in [0.05, 0.1) is 5.56 Å². The SMILES string of the molecule is CC(CC(=O)NCCc1cccc(C(=O)O)c1)c1cccc(F)c1. The molecule has 126 valence electrons. The molecule has 4 nitrogen and oxygen atoms in total. The molecule has 5 heteroatoms. The van der Waals surface area contributed by atoms with E-state index in [-0.39, 0.29) is 29.6 Å². The first-order valence-corrected chi connectivity index (χ1v) is 7.80. The van der Waals surface area contributed by atoms with E-state index in [4.69, 9.17) is 5.11 Å². The first-order valence-electron chi connectivity index (χ1n) is 7.80. The molecule has 2 aromatic rings. The van der Waals surface area contributed by atoms with Crippen LogP contribution in [0, 0.1) is 5.82 Å². The number of aromatic carboxylic acids is 1. The monoisotopic (exact) mass is 329 g/mol. The largest absolute Gasteiger partial charge is 0.478 e. The highest BCUT2D eigenvalue weighted by molar-refractivity contribution is 5.87. The van der Waals surface area contributed by atoms with Gasteiger partial charge in [-0.25, -0.2) is 9.18 Å². The van der Waals surface area contributed by atoms with Crippen LogP contribution in [0.25, 0.3) is 0 Å². The zero-order valence-electron chi connectivity index (χ0n) is 13.5. The van der Waals surface area contributed by atoms with Gasteiger partial charge in [-0.15, -0.1) is 0 Å². The van der Waals surface area contributed by atoms with Gasteiger partial charge in [-0.3, -0.25) is 4.79 Å². The van der Waals surface area contributed by atoms with Crippen LogP contribution in [0.2, 0.25) is 0 Å². The third kappa shape index (κ3) is 5.19. The second-order valence-electron chi connectivity index (χ2n) is 5.77. The van der Waals surface area contributed by atoms with Crippen molar-refractivity contribution >= 4 is 11.9 Å². The third-order valence-electron chi connectivity index (χ3n) is 3.82. The van der Waals surface area contributed by atoms with Crippen LogP contribution in [0.4, 0.5) is 4.39 Å². The van der Waals surface area contributed by atoms with Gasteiger partial charge in [0, 0.05) is 13.0 Å². The summed E-state index contributed by atoms with van der Waals surface area (Å²) in [6.07, 6.45) is 0.833. The van der Waals surface area contributed by atoms with Gasteiger partial charge in [0.15, 0.2) is 0 Å². The van der Waals surface area contributed by atoms with Crippen molar-refractivity contribution in [1.29, 1.82) is 0 Å². The molecule has 0 aromatic heterocycles. The van der Waals surface area contributed by atoms with Crippen LogP contribution in [0.3, 0.4) is 0 Å². The highest BCUT2D eigenvalue weighted by Gasteiger charge is 2.11. The van der Waals surface area contributed by atoms with Crippen molar-refractivity contribution in [2.24, 2.45) is 0 Å². The molecule has 0 saturated heterocycles. The normalized spacial score (nSPS) is 11.8. The molecule has 1 atom stereocenters. The summed E-state index contributed by atoms with van der Waals surface area (Å²) in [7, 11) is 0. The minimum atomic E-state index is -0.968. The Labute approximate surface area is 140 Å². The zero-order chi connectivity index (χ0) is 17.5. The minimum absolute atomic E-state index is 0.0731. The van der Waals surface area contributed by atoms with Gasteiger partial charge >= 0.3 is 5.97 Å². The first-order chi connectivity index (χ1) is 11.5. The lowest BCUT2D eigenvalue weighted by atomic mass is 9.97. The maximum Gasteiger partial charge on any atom is 0.335 e. The van der Waals surface area contributed by atoms with E-state index in [9.17, 15) is 14.0 Å². The molecule has 1 unspecified atom stereocenters. The number of carboxylic acid groups (broad SMARTS) is 1. The zero-order valence-corrected chi connectivity index (χ0v) is 13.5. The number of rotatable bonds is 7. The lowest BCUT2D eigenvalue weighted by molar-refractivity contribution is -0.121. The molecule has 2 N–H and O–H groups in total. The highest BCUT2D eigenvalue weighted by Crippen LogP contribution is 2.19. The molecule has 2 rings (SSSR count). The molecule has 1 amide bonds. The van der Waals surface area contributed by atoms with Crippen molar-refractivity contribution in [1.82, 2.24) is 5.32 Å². The number of nitrogens with one attached hydrogen (secondary N) is 1. The van der Waals surface area contributed by atoms with Crippen LogP contribution in [0.5, 0.6) is 0 Å². The molecule has 0 radical (unpaired) electrons. The molecule has 0 aliphatic carbocycles. The van der Waals surface area contributed by atoms with E-state index in [1.54, 1.807) is 24.3 Å². The molecular weight excluding hydrogens is 309 g/mol. The molecule has 0 saturated carbocycles. The van der Waals surface area contributed by atoms with Gasteiger partial charge in [-0.05, 0) is 47.7 Å². The standard InChI is InChI=1S/C19H20FNO3/c1-13(15-5-3-7-17(20)12-15)10-18(22)21-9-8-14-4-2-6-16(11-14)19(23)24/h2-7,11-13H,8-10H2,1H3,(H,21,22)(H,23,24). The average molecular weight is 329 g/mol. The Morgan fingerprint density at radius 1 is 1.17 bits per heavy atom. The fourth-order valence-corrected chi connectivity index (χ4v) is 2.49. The number of carboxylic acids is 1. The number of hydrogen-bond acceptors (Lipinski definition) is 2. The van der Waals surface area contributed by atoms with Crippen molar-refractivity contribution in [3.05, 3.63) is 71.0 Å². The number of carbonyl (C=O) groups is 2. The fourth-order valence-electron chi connectivity index (χ4n) is 2.49. The Bertz CT molecular complexity index is 730. The Morgan fingerprint density at radius 2 is 1.92 bits per heavy atom. The lowest BCUT2D eigenvalue weighted by Crippen LogP contribution is -2.26. The lowest BCUT2D eigenvalue weighted by Gasteiger charge is -2.12. The van der Waals surface area contributed by atoms with E-state index >= 15 is 0 Å². The van der Waals surface area contributed by atoms with Crippen molar-refractivity contribution in [3.8, 4) is 0 Å². The molecule has 24 heavy (non-hydrogen) atoms. The maximum atomic E-state index is 13.2. The minimum Gasteiger partial charge on any atom is -0.478 e. The van der Waals surface area contributed by atoms with E-state index < -0.39 is 5.97 Å². The van der Waals surface area contributed by atoms with Gasteiger partial charge in [0.2, 0.25) is 5.91 Å². The number of hydrogen-bond donors (Lipinski definition) is 2. The highest BCUT2D eigenvalue weighted by atomic mass is 19.1. The molecule has 0 heterocycles. The molecule has 2 aromatic carbocycles. The summed E-state index contributed by atoms with van der Waals surface area (Å²) < 4.78 is 13.2. The second-order valence-corrected chi connectivity index (χ2v) is 5.77. The van der Waals surface area contributed by atoms with Gasteiger partial charge in [-0.1, -0.05) is 31.2 Å². The molecule has 0 fully saturated rings. The fraction of sp³-hybridized carbons (Fsp3) is 0.263. The van der Waals surface area contributed by atoms with E-state index in [1.807, 2.05) is 13.0 Å². The van der Waals surface area contributed by atoms with Gasteiger partial charge in [0.1, 0.15) is 5.82 Å². The Hall–Kier alpha value is -2.69. The van der Waals surface area contributed by atoms with Crippen molar-refractivity contribution in [2.75, 3.05) is 6.54 Å². The van der Waals surface area contributed by atoms with E-state index in [2.05, 4.69) is 5.32 Å². The number of carbonyl (C=O) groups excluding carboxylic acids is 1. The Balaban J connectivity index is 1.81. The predicted molar refractivity (Wildman–Crippen MR) is 89.5 cm³/mol. The number of halogens is 1. The van der Waals surface area contributed by atoms with Gasteiger partial charge in [0.25, 0.3) is 0 Å². The Kier molecular flexibility index (Phi) is 6.07. The quantitative estimate of drug-likeness (QED) is 0.818. The van der Waals surface area contributed by atoms with Crippen molar-refractivity contribution < 1.29 is 19.1 Å². The summed E-state index contributed by atoms with van der Waals surface area (Å²) in [5.74, 6) is -1.46. The topological polar surface area (TPSA) is 66.4 Å². The molecular formula is C19H20FNO3. The van der Waals surface area contributed by atoms with E-state index in [0.717, 1.165) is 11.1 Å². The van der Waals surface area contributed by atoms with Gasteiger partial charge in [-0.2, -0.15) is 0 Å². The summed E-state index contributed by atoms with van der Waals surface area (Å²) in [5.41, 5.74) is 1.88. The summed E-state index contributed by atoms with van der Waals surface area (Å²) in [5, 5.41) is 11.8. The van der Waals surface area contributed by atoms with E-state index in [1.165, 1.54) is 18.2 Å². The van der Waals surface area contributed by atoms with E-state index in [0.29, 0.717) is 13.0 Å². The number of benzene rings is 2. The van der Waals surface area contributed by atoms with Crippen molar-refractivity contribution in [2.45, 2.75) is 25.7 Å². The molecule has 0 aliphatic rings. The van der Waals surface area contributed by atoms with Crippen LogP contribution in [-0.2, 0) is 11.2 Å². The first kappa shape index (κ1) is 17.7. The number of amides is 1. The van der Waals surface area contributed by atoms with Crippen LogP contribution in [0.15, 0.2) is 48.5 Å². The summed E-state index contributed by atoms with van der Waals surface area (Å²) in [6.45, 7) is 2.31. The average Bonchev–Trinajstić information content (AvgIpc) is 2.55. The van der Waals surface area contributed by atoms with Crippen LogP contribution in [0.1, 0.15) is 40.7 Å².